The van der Waals surface area contributed by atoms with Crippen LogP contribution >= 0.6 is 0 Å². The average molecular weight is 543 g/mol. The van der Waals surface area contributed by atoms with Gasteiger partial charge in [-0.05, 0) is 67.1 Å². The third-order valence-corrected chi connectivity index (χ3v) is 7.40. The van der Waals surface area contributed by atoms with Gasteiger partial charge in [-0.25, -0.2) is 4.98 Å². The summed E-state index contributed by atoms with van der Waals surface area (Å²) in [5.74, 6) is 0.139. The predicted octanol–water partition coefficient (Wildman–Crippen LogP) is 4.80. The van der Waals surface area contributed by atoms with Gasteiger partial charge in [0.2, 0.25) is 5.91 Å². The summed E-state index contributed by atoms with van der Waals surface area (Å²) in [4.78, 5) is 21.4. The lowest BCUT2D eigenvalue weighted by atomic mass is 9.98. The van der Waals surface area contributed by atoms with Crippen molar-refractivity contribution < 1.29 is 22.7 Å². The minimum atomic E-state index is -4.20. The van der Waals surface area contributed by atoms with Crippen molar-refractivity contribution in [2.24, 2.45) is 5.92 Å². The molecule has 1 atom stereocenters. The smallest absolute Gasteiger partial charge is 0.378 e. The number of morpholine rings is 1. The van der Waals surface area contributed by atoms with Crippen molar-refractivity contribution in [3.05, 3.63) is 47.8 Å². The van der Waals surface area contributed by atoms with E-state index in [0.717, 1.165) is 58.2 Å². The van der Waals surface area contributed by atoms with E-state index in [9.17, 15) is 18.0 Å². The Morgan fingerprint density at radius 1 is 1.13 bits per heavy atom. The summed E-state index contributed by atoms with van der Waals surface area (Å²) >= 11 is 0. The van der Waals surface area contributed by atoms with Crippen LogP contribution in [0.15, 0.2) is 36.5 Å². The number of rotatable bonds is 7. The number of carbonyl (C=O) groups is 1. The number of amides is 1. The van der Waals surface area contributed by atoms with Gasteiger partial charge in [0.25, 0.3) is 0 Å². The van der Waals surface area contributed by atoms with Crippen LogP contribution < -0.4 is 10.2 Å². The fourth-order valence-corrected chi connectivity index (χ4v) is 5.26. The van der Waals surface area contributed by atoms with Gasteiger partial charge in [-0.3, -0.25) is 9.89 Å². The van der Waals surface area contributed by atoms with Crippen LogP contribution in [0.1, 0.15) is 24.1 Å². The summed E-state index contributed by atoms with van der Waals surface area (Å²) in [7, 11) is 0. The van der Waals surface area contributed by atoms with Crippen molar-refractivity contribution in [1.29, 1.82) is 0 Å². The minimum absolute atomic E-state index is 0.0239. The summed E-state index contributed by atoms with van der Waals surface area (Å²) in [5.41, 5.74) is 6.49. The number of pyridine rings is 1. The van der Waals surface area contributed by atoms with Crippen LogP contribution in [-0.4, -0.2) is 78.1 Å². The SMILES string of the molecule is Cc1ccc(NCC(=O)N2CC[C@@H](CC(F)(F)F)C2)cc1-c1cc(-c2cn[nH]c2C)nc(N2CCOCC2)c1. The lowest BCUT2D eigenvalue weighted by Crippen LogP contribution is -2.36. The molecule has 4 heterocycles. The molecule has 2 N–H and O–H groups in total. The molecule has 0 spiro atoms. The quantitative estimate of drug-likeness (QED) is 0.446. The van der Waals surface area contributed by atoms with Gasteiger partial charge in [0.05, 0.1) is 31.6 Å². The first-order valence-electron chi connectivity index (χ1n) is 13.2. The summed E-state index contributed by atoms with van der Waals surface area (Å²) in [6, 6.07) is 10.0. The summed E-state index contributed by atoms with van der Waals surface area (Å²) in [5, 5.41) is 10.3. The maximum Gasteiger partial charge on any atom is 0.389 e. The Balaban J connectivity index is 1.36. The third-order valence-electron chi connectivity index (χ3n) is 7.40. The van der Waals surface area contributed by atoms with Gasteiger partial charge >= 0.3 is 6.18 Å². The Morgan fingerprint density at radius 3 is 2.64 bits per heavy atom. The van der Waals surface area contributed by atoms with E-state index in [1.807, 2.05) is 38.1 Å². The number of hydrogen-bond donors (Lipinski definition) is 2. The van der Waals surface area contributed by atoms with E-state index >= 15 is 0 Å². The zero-order valence-corrected chi connectivity index (χ0v) is 22.1. The Kier molecular flexibility index (Phi) is 7.79. The second-order valence-corrected chi connectivity index (χ2v) is 10.3. The molecule has 11 heteroatoms. The molecule has 1 aromatic carbocycles. The van der Waals surface area contributed by atoms with Crippen molar-refractivity contribution in [1.82, 2.24) is 20.1 Å². The number of aromatic nitrogens is 3. The normalized spacial score (nSPS) is 18.0. The molecule has 3 aromatic rings. The van der Waals surface area contributed by atoms with Crippen LogP contribution in [0, 0.1) is 19.8 Å². The van der Waals surface area contributed by atoms with Crippen LogP contribution in [0.25, 0.3) is 22.4 Å². The molecule has 0 unspecified atom stereocenters. The van der Waals surface area contributed by atoms with Crippen molar-refractivity contribution >= 4 is 17.4 Å². The molecule has 2 aliphatic heterocycles. The van der Waals surface area contributed by atoms with E-state index in [1.54, 1.807) is 6.20 Å². The molecule has 8 nitrogen and oxygen atoms in total. The van der Waals surface area contributed by atoms with E-state index in [0.29, 0.717) is 26.2 Å². The first-order chi connectivity index (χ1) is 18.7. The lowest BCUT2D eigenvalue weighted by Gasteiger charge is -2.28. The molecule has 5 rings (SSSR count). The zero-order valence-electron chi connectivity index (χ0n) is 22.1. The van der Waals surface area contributed by atoms with Crippen molar-refractivity contribution in [3.8, 4) is 22.4 Å². The number of nitrogens with one attached hydrogen (secondary N) is 2. The molecule has 2 aromatic heterocycles. The second kappa shape index (κ2) is 11.3. The standard InChI is InChI=1S/C28H33F3N6O2/c1-18-3-4-22(32-16-27(38)37-6-5-20(17-37)14-28(29,30)31)13-23(18)21-11-25(24-15-33-35-19(24)2)34-26(12-21)36-7-9-39-10-8-36/h3-4,11-13,15,20,32H,5-10,14,16-17H2,1-2H3,(H,33,35)/t20-/m0/s1. The largest absolute Gasteiger partial charge is 0.389 e. The molecule has 2 aliphatic rings. The maximum atomic E-state index is 12.7. The number of likely N-dealkylation sites (tertiary alicyclic amines) is 1. The van der Waals surface area contributed by atoms with E-state index < -0.39 is 18.5 Å². The highest BCUT2D eigenvalue weighted by Crippen LogP contribution is 2.34. The number of halogens is 3. The molecular formula is C28H33F3N6O2. The molecule has 0 aliphatic carbocycles. The number of anilines is 2. The zero-order chi connectivity index (χ0) is 27.6. The highest BCUT2D eigenvalue weighted by atomic mass is 19.4. The monoisotopic (exact) mass is 542 g/mol. The Hall–Kier alpha value is -3.60. The van der Waals surface area contributed by atoms with E-state index in [-0.39, 0.29) is 19.0 Å². The fraction of sp³-hybridized carbons (Fsp3) is 0.464. The Labute approximate surface area is 225 Å². The number of nitrogens with zero attached hydrogens (tertiary/aromatic N) is 4. The number of ether oxygens (including phenoxy) is 1. The van der Waals surface area contributed by atoms with Crippen LogP contribution in [0.4, 0.5) is 24.7 Å². The average Bonchev–Trinajstić information content (AvgIpc) is 3.56. The van der Waals surface area contributed by atoms with Crippen LogP contribution in [0.5, 0.6) is 0 Å². The van der Waals surface area contributed by atoms with Gasteiger partial charge in [0.1, 0.15) is 5.82 Å². The topological polar surface area (TPSA) is 86.4 Å². The lowest BCUT2D eigenvalue weighted by molar-refractivity contribution is -0.144. The van der Waals surface area contributed by atoms with Gasteiger partial charge in [-0.15, -0.1) is 0 Å². The maximum absolute atomic E-state index is 12.7. The Bertz CT molecular complexity index is 1320. The first-order valence-corrected chi connectivity index (χ1v) is 13.2. The third kappa shape index (κ3) is 6.52. The second-order valence-electron chi connectivity index (χ2n) is 10.3. The molecule has 0 radical (unpaired) electrons. The van der Waals surface area contributed by atoms with E-state index in [4.69, 9.17) is 9.72 Å². The molecule has 0 bridgehead atoms. The Morgan fingerprint density at radius 2 is 1.92 bits per heavy atom. The summed E-state index contributed by atoms with van der Waals surface area (Å²) < 4.78 is 43.7. The van der Waals surface area contributed by atoms with Gasteiger partial charge in [0.15, 0.2) is 0 Å². The number of H-pyrrole nitrogens is 1. The molecule has 2 fully saturated rings. The van der Waals surface area contributed by atoms with Crippen LogP contribution in [-0.2, 0) is 9.53 Å². The van der Waals surface area contributed by atoms with Crippen molar-refractivity contribution in [2.45, 2.75) is 32.9 Å². The number of aromatic amines is 1. The van der Waals surface area contributed by atoms with Gasteiger partial charge in [-0.1, -0.05) is 6.07 Å². The first kappa shape index (κ1) is 27.0. The van der Waals surface area contributed by atoms with Crippen LogP contribution in [0.3, 0.4) is 0 Å². The van der Waals surface area contributed by atoms with E-state index in [2.05, 4.69) is 26.5 Å². The number of aryl methyl sites for hydroxylation is 2. The highest BCUT2D eigenvalue weighted by Gasteiger charge is 2.36. The van der Waals surface area contributed by atoms with Crippen molar-refractivity contribution in [3.63, 3.8) is 0 Å². The van der Waals surface area contributed by atoms with Gasteiger partial charge < -0.3 is 19.9 Å². The minimum Gasteiger partial charge on any atom is -0.378 e. The number of carbonyl (C=O) groups excluding carboxylic acids is 1. The molecule has 2 saturated heterocycles. The number of benzene rings is 1. The molecule has 208 valence electrons. The highest BCUT2D eigenvalue weighted by molar-refractivity contribution is 5.82. The number of hydrogen-bond acceptors (Lipinski definition) is 6. The molecular weight excluding hydrogens is 509 g/mol. The predicted molar refractivity (Wildman–Crippen MR) is 144 cm³/mol. The van der Waals surface area contributed by atoms with Crippen molar-refractivity contribution in [2.75, 3.05) is 56.2 Å². The molecule has 39 heavy (non-hydrogen) atoms. The van der Waals surface area contributed by atoms with Gasteiger partial charge in [0, 0.05) is 49.5 Å². The molecule has 0 saturated carbocycles. The van der Waals surface area contributed by atoms with Gasteiger partial charge in [-0.2, -0.15) is 18.3 Å². The molecule has 1 amide bonds. The summed E-state index contributed by atoms with van der Waals surface area (Å²) in [6.45, 7) is 7.33. The fourth-order valence-electron chi connectivity index (χ4n) is 5.26. The summed E-state index contributed by atoms with van der Waals surface area (Å²) in [6.07, 6.45) is -2.89. The van der Waals surface area contributed by atoms with E-state index in [1.165, 1.54) is 4.90 Å². The number of alkyl halides is 3. The van der Waals surface area contributed by atoms with Crippen LogP contribution in [0.2, 0.25) is 0 Å².